The first-order valence-electron chi connectivity index (χ1n) is 5.37. The second kappa shape index (κ2) is 4.95. The van der Waals surface area contributed by atoms with Gasteiger partial charge in [-0.25, -0.2) is 10.2 Å². The highest BCUT2D eigenvalue weighted by Gasteiger charge is 2.17. The van der Waals surface area contributed by atoms with Crippen molar-refractivity contribution in [3.05, 3.63) is 24.3 Å². The van der Waals surface area contributed by atoms with Crippen molar-refractivity contribution in [1.29, 1.82) is 0 Å². The van der Waals surface area contributed by atoms with Crippen LogP contribution < -0.4 is 16.2 Å². The number of nitrogen functional groups attached to an aromatic ring is 1. The van der Waals surface area contributed by atoms with Crippen LogP contribution in [0.15, 0.2) is 24.3 Å². The molecule has 5 nitrogen and oxygen atoms in total. The van der Waals surface area contributed by atoms with Crippen LogP contribution in [0.25, 0.3) is 0 Å². The van der Waals surface area contributed by atoms with Crippen LogP contribution in [0, 0.1) is 0 Å². The van der Waals surface area contributed by atoms with E-state index in [2.05, 4.69) is 5.43 Å². The fraction of sp³-hybridized carbons (Fsp3) is 0.417. The molecule has 0 spiro atoms. The van der Waals surface area contributed by atoms with Crippen molar-refractivity contribution in [3.8, 4) is 0 Å². The summed E-state index contributed by atoms with van der Waals surface area (Å²) < 4.78 is 5.14. The Morgan fingerprint density at radius 2 is 1.82 bits per heavy atom. The summed E-state index contributed by atoms with van der Waals surface area (Å²) in [5, 5.41) is 1.58. The number of nitrogens with one attached hydrogen (secondary N) is 1. The molecule has 5 heteroatoms. The molecule has 0 fully saturated rings. The van der Waals surface area contributed by atoms with Crippen molar-refractivity contribution in [2.75, 3.05) is 17.8 Å². The summed E-state index contributed by atoms with van der Waals surface area (Å²) in [4.78, 5) is 11.5. The van der Waals surface area contributed by atoms with E-state index in [1.807, 2.05) is 32.9 Å². The molecule has 17 heavy (non-hydrogen) atoms. The summed E-state index contributed by atoms with van der Waals surface area (Å²) in [5.41, 5.74) is 9.18. The lowest BCUT2D eigenvalue weighted by Gasteiger charge is -2.24. The second-order valence-corrected chi connectivity index (χ2v) is 4.76. The first-order chi connectivity index (χ1) is 7.78. The number of rotatable bonds is 2. The zero-order chi connectivity index (χ0) is 13.1. The summed E-state index contributed by atoms with van der Waals surface area (Å²) in [6.07, 6.45) is -0.489. The van der Waals surface area contributed by atoms with E-state index in [0.29, 0.717) is 5.69 Å². The minimum Gasteiger partial charge on any atom is -0.443 e. The molecule has 0 atom stereocenters. The number of nitrogens with two attached hydrogens (primary N) is 1. The highest BCUT2D eigenvalue weighted by molar-refractivity contribution is 5.70. The van der Waals surface area contributed by atoms with Gasteiger partial charge in [0.1, 0.15) is 5.60 Å². The number of benzene rings is 1. The standard InChI is InChI=1S/C12H19N3O2/c1-12(2,3)17-11(16)14-15(4)10-7-5-9(13)6-8-10/h5-8H,13H2,1-4H3,(H,14,16). The molecule has 3 N–H and O–H groups in total. The SMILES string of the molecule is CN(NC(=O)OC(C)(C)C)c1ccc(N)cc1. The zero-order valence-electron chi connectivity index (χ0n) is 10.7. The van der Waals surface area contributed by atoms with Gasteiger partial charge in [-0.05, 0) is 45.0 Å². The monoisotopic (exact) mass is 237 g/mol. The lowest BCUT2D eigenvalue weighted by atomic mass is 10.2. The number of hydrogen-bond donors (Lipinski definition) is 2. The van der Waals surface area contributed by atoms with Crippen molar-refractivity contribution < 1.29 is 9.53 Å². The van der Waals surface area contributed by atoms with Crippen molar-refractivity contribution >= 4 is 17.5 Å². The highest BCUT2D eigenvalue weighted by atomic mass is 16.6. The summed E-state index contributed by atoms with van der Waals surface area (Å²) >= 11 is 0. The summed E-state index contributed by atoms with van der Waals surface area (Å²) in [5.74, 6) is 0. The number of ether oxygens (including phenoxy) is 1. The van der Waals surface area contributed by atoms with E-state index in [0.717, 1.165) is 5.69 Å². The van der Waals surface area contributed by atoms with Gasteiger partial charge in [-0.15, -0.1) is 0 Å². The molecule has 0 unspecified atom stereocenters. The van der Waals surface area contributed by atoms with Crippen LogP contribution in [0.5, 0.6) is 0 Å². The van der Waals surface area contributed by atoms with Crippen LogP contribution >= 0.6 is 0 Å². The largest absolute Gasteiger partial charge is 0.443 e. The quantitative estimate of drug-likeness (QED) is 0.611. The molecule has 1 aromatic rings. The highest BCUT2D eigenvalue weighted by Crippen LogP contribution is 2.13. The first kappa shape index (κ1) is 13.2. The minimum atomic E-state index is -0.508. The Bertz CT molecular complexity index is 382. The van der Waals surface area contributed by atoms with Crippen LogP contribution in [0.1, 0.15) is 20.8 Å². The topological polar surface area (TPSA) is 67.6 Å². The van der Waals surface area contributed by atoms with E-state index < -0.39 is 11.7 Å². The van der Waals surface area contributed by atoms with Crippen LogP contribution in [-0.2, 0) is 4.74 Å². The Morgan fingerprint density at radius 1 is 1.29 bits per heavy atom. The average Bonchev–Trinajstić information content (AvgIpc) is 2.15. The van der Waals surface area contributed by atoms with E-state index in [-0.39, 0.29) is 0 Å². The molecule has 0 saturated carbocycles. The Kier molecular flexibility index (Phi) is 3.83. The van der Waals surface area contributed by atoms with Gasteiger partial charge >= 0.3 is 6.09 Å². The number of hydrogen-bond acceptors (Lipinski definition) is 4. The van der Waals surface area contributed by atoms with E-state index in [1.54, 1.807) is 24.2 Å². The molecular formula is C12H19N3O2. The van der Waals surface area contributed by atoms with E-state index in [9.17, 15) is 4.79 Å². The van der Waals surface area contributed by atoms with Gasteiger partial charge in [-0.1, -0.05) is 0 Å². The third kappa shape index (κ3) is 4.63. The van der Waals surface area contributed by atoms with Crippen molar-refractivity contribution in [1.82, 2.24) is 5.43 Å². The summed E-state index contributed by atoms with van der Waals surface area (Å²) in [7, 11) is 1.73. The average molecular weight is 237 g/mol. The van der Waals surface area contributed by atoms with Crippen molar-refractivity contribution in [2.24, 2.45) is 0 Å². The molecule has 0 heterocycles. The van der Waals surface area contributed by atoms with E-state index >= 15 is 0 Å². The Morgan fingerprint density at radius 3 is 2.29 bits per heavy atom. The molecule has 1 aromatic carbocycles. The van der Waals surface area contributed by atoms with E-state index in [4.69, 9.17) is 10.5 Å². The van der Waals surface area contributed by atoms with Gasteiger partial charge < -0.3 is 10.5 Å². The van der Waals surface area contributed by atoms with Gasteiger partial charge in [0.05, 0.1) is 5.69 Å². The number of carbonyl (C=O) groups excluding carboxylic acids is 1. The maximum Gasteiger partial charge on any atom is 0.426 e. The maximum absolute atomic E-state index is 11.5. The fourth-order valence-electron chi connectivity index (χ4n) is 1.20. The molecule has 94 valence electrons. The molecular weight excluding hydrogens is 218 g/mol. The molecule has 1 amide bonds. The van der Waals surface area contributed by atoms with Gasteiger partial charge in [0.15, 0.2) is 0 Å². The predicted octanol–water partition coefficient (Wildman–Crippen LogP) is 2.14. The zero-order valence-corrected chi connectivity index (χ0v) is 10.7. The fourth-order valence-corrected chi connectivity index (χ4v) is 1.20. The molecule has 0 aromatic heterocycles. The Labute approximate surface area is 102 Å². The van der Waals surface area contributed by atoms with Crippen LogP contribution in [-0.4, -0.2) is 18.7 Å². The van der Waals surface area contributed by atoms with Crippen molar-refractivity contribution in [3.63, 3.8) is 0 Å². The molecule has 0 aliphatic carbocycles. The molecule has 0 radical (unpaired) electrons. The number of carbonyl (C=O) groups is 1. The van der Waals surface area contributed by atoms with Gasteiger partial charge in [0.2, 0.25) is 0 Å². The summed E-state index contributed by atoms with van der Waals surface area (Å²) in [6, 6.07) is 7.16. The molecule has 1 rings (SSSR count). The summed E-state index contributed by atoms with van der Waals surface area (Å²) in [6.45, 7) is 5.45. The van der Waals surface area contributed by atoms with Gasteiger partial charge in [0.25, 0.3) is 0 Å². The number of nitrogens with zero attached hydrogens (tertiary/aromatic N) is 1. The predicted molar refractivity (Wildman–Crippen MR) is 68.6 cm³/mol. The maximum atomic E-state index is 11.5. The Balaban J connectivity index is 2.57. The van der Waals surface area contributed by atoms with Crippen LogP contribution in [0.3, 0.4) is 0 Å². The second-order valence-electron chi connectivity index (χ2n) is 4.76. The molecule has 0 bridgehead atoms. The Hall–Kier alpha value is -1.91. The van der Waals surface area contributed by atoms with Crippen LogP contribution in [0.2, 0.25) is 0 Å². The third-order valence-electron chi connectivity index (χ3n) is 1.94. The van der Waals surface area contributed by atoms with Gasteiger partial charge in [-0.3, -0.25) is 5.01 Å². The lowest BCUT2D eigenvalue weighted by Crippen LogP contribution is -2.42. The number of anilines is 2. The van der Waals surface area contributed by atoms with Crippen LogP contribution in [0.4, 0.5) is 16.2 Å². The number of amides is 1. The first-order valence-corrected chi connectivity index (χ1v) is 5.37. The third-order valence-corrected chi connectivity index (χ3v) is 1.94. The van der Waals surface area contributed by atoms with E-state index in [1.165, 1.54) is 0 Å². The molecule has 0 aliphatic rings. The minimum absolute atomic E-state index is 0.489. The lowest BCUT2D eigenvalue weighted by molar-refractivity contribution is 0.0524. The van der Waals surface area contributed by atoms with Gasteiger partial charge in [0, 0.05) is 12.7 Å². The molecule has 0 aliphatic heterocycles. The number of hydrazine groups is 1. The normalized spacial score (nSPS) is 10.8. The van der Waals surface area contributed by atoms with Crippen molar-refractivity contribution in [2.45, 2.75) is 26.4 Å². The smallest absolute Gasteiger partial charge is 0.426 e. The van der Waals surface area contributed by atoms with Gasteiger partial charge in [-0.2, -0.15) is 0 Å². The molecule has 0 saturated heterocycles.